The molecule has 1 aromatic carbocycles. The van der Waals surface area contributed by atoms with Crippen molar-refractivity contribution in [1.82, 2.24) is 14.8 Å². The molecule has 0 radical (unpaired) electrons. The van der Waals surface area contributed by atoms with E-state index in [4.69, 9.17) is 0 Å². The predicted octanol–water partition coefficient (Wildman–Crippen LogP) is 2.33. The lowest BCUT2D eigenvalue weighted by atomic mass is 9.87. The van der Waals surface area contributed by atoms with Crippen LogP contribution in [0.4, 0.5) is 0 Å². The van der Waals surface area contributed by atoms with Crippen LogP contribution < -0.4 is 5.56 Å². The first kappa shape index (κ1) is 17.0. The largest absolute Gasteiger partial charge is 0.335 e. The molecule has 0 spiro atoms. The van der Waals surface area contributed by atoms with Crippen LogP contribution in [0, 0.1) is 18.8 Å². The topological polar surface area (TPSA) is 56.4 Å². The summed E-state index contributed by atoms with van der Waals surface area (Å²) in [6, 6.07) is 12.1. The van der Waals surface area contributed by atoms with Gasteiger partial charge in [0.1, 0.15) is 0 Å². The zero-order chi connectivity index (χ0) is 18.3. The maximum absolute atomic E-state index is 12.3. The van der Waals surface area contributed by atoms with E-state index in [0.29, 0.717) is 11.8 Å². The lowest BCUT2D eigenvalue weighted by Gasteiger charge is -2.30. The number of aromatic nitrogens is 1. The van der Waals surface area contributed by atoms with Gasteiger partial charge in [0.15, 0.2) is 0 Å². The lowest BCUT2D eigenvalue weighted by molar-refractivity contribution is -0.130. The molecular formula is C21H25N3O2. The van der Waals surface area contributed by atoms with Gasteiger partial charge in [0.2, 0.25) is 11.5 Å². The average Bonchev–Trinajstić information content (AvgIpc) is 3.15. The minimum Gasteiger partial charge on any atom is -0.335 e. The number of aromatic amines is 1. The minimum absolute atomic E-state index is 0.0660. The Morgan fingerprint density at radius 1 is 1.15 bits per heavy atom. The minimum atomic E-state index is -0.0660. The number of hydrogen-bond acceptors (Lipinski definition) is 3. The number of fused-ring (bicyclic) bond motifs is 1. The second kappa shape index (κ2) is 6.72. The zero-order valence-corrected chi connectivity index (χ0v) is 15.3. The molecule has 26 heavy (non-hydrogen) atoms. The van der Waals surface area contributed by atoms with Crippen LogP contribution >= 0.6 is 0 Å². The number of carbonyl (C=O) groups excluding carboxylic acids is 1. The van der Waals surface area contributed by atoms with Gasteiger partial charge in [0.25, 0.3) is 0 Å². The van der Waals surface area contributed by atoms with Gasteiger partial charge in [-0.25, -0.2) is 0 Å². The standard InChI is InChI=1S/C21H25N3O2/c1-14-5-3-4-6-18(14)21-19-13-23(10-16-7-8-20(26)22-9-16)11-17(19)12-24(21)15(2)25/h3-9,17,19,21H,10-13H2,1-2H3,(H,22,26)/t17-,19-,21-/m1/s1. The van der Waals surface area contributed by atoms with Crippen LogP contribution in [0.15, 0.2) is 47.4 Å². The van der Waals surface area contributed by atoms with Crippen molar-refractivity contribution in [2.75, 3.05) is 19.6 Å². The summed E-state index contributed by atoms with van der Waals surface area (Å²) in [5, 5.41) is 0. The van der Waals surface area contributed by atoms with Crippen molar-refractivity contribution in [3.63, 3.8) is 0 Å². The van der Waals surface area contributed by atoms with Gasteiger partial charge in [-0.05, 0) is 29.5 Å². The molecule has 0 aliphatic carbocycles. The first-order valence-corrected chi connectivity index (χ1v) is 9.25. The Balaban J connectivity index is 1.56. The summed E-state index contributed by atoms with van der Waals surface area (Å²) < 4.78 is 0. The number of likely N-dealkylation sites (tertiary alicyclic amines) is 2. The molecule has 2 saturated heterocycles. The van der Waals surface area contributed by atoms with E-state index in [1.807, 2.05) is 6.07 Å². The molecule has 2 aliphatic rings. The average molecular weight is 351 g/mol. The SMILES string of the molecule is CC(=O)N1C[C@H]2CN(Cc3ccc(=O)[nH]c3)C[C@H]2[C@H]1c1ccccc1C. The third-order valence-corrected chi connectivity index (χ3v) is 5.91. The molecule has 3 atom stereocenters. The van der Waals surface area contributed by atoms with Gasteiger partial charge in [-0.15, -0.1) is 0 Å². The number of amides is 1. The summed E-state index contributed by atoms with van der Waals surface area (Å²) in [5.41, 5.74) is 3.59. The number of benzene rings is 1. The number of rotatable bonds is 3. The Morgan fingerprint density at radius 3 is 2.65 bits per heavy atom. The Kier molecular flexibility index (Phi) is 4.41. The fraction of sp³-hybridized carbons (Fsp3) is 0.429. The van der Waals surface area contributed by atoms with E-state index in [1.165, 1.54) is 11.1 Å². The van der Waals surface area contributed by atoms with Crippen LogP contribution in [0.2, 0.25) is 0 Å². The summed E-state index contributed by atoms with van der Waals surface area (Å²) >= 11 is 0. The summed E-state index contributed by atoms with van der Waals surface area (Å²) in [6.45, 7) is 7.46. The molecule has 136 valence electrons. The van der Waals surface area contributed by atoms with Crippen molar-refractivity contribution in [2.45, 2.75) is 26.4 Å². The van der Waals surface area contributed by atoms with Crippen molar-refractivity contribution >= 4 is 5.91 Å². The number of nitrogens with zero attached hydrogens (tertiary/aromatic N) is 2. The fourth-order valence-electron chi connectivity index (χ4n) is 4.71. The molecule has 4 rings (SSSR count). The third-order valence-electron chi connectivity index (χ3n) is 5.91. The van der Waals surface area contributed by atoms with Crippen LogP contribution in [0.25, 0.3) is 0 Å². The van der Waals surface area contributed by atoms with E-state index in [2.05, 4.69) is 46.0 Å². The highest BCUT2D eigenvalue weighted by molar-refractivity contribution is 5.74. The maximum Gasteiger partial charge on any atom is 0.247 e. The number of hydrogen-bond donors (Lipinski definition) is 1. The Labute approximate surface area is 153 Å². The normalized spacial score (nSPS) is 25.5. The number of aryl methyl sites for hydroxylation is 1. The summed E-state index contributed by atoms with van der Waals surface area (Å²) in [6.07, 6.45) is 1.80. The molecule has 3 heterocycles. The van der Waals surface area contributed by atoms with Crippen LogP contribution in [0.3, 0.4) is 0 Å². The highest BCUT2D eigenvalue weighted by Crippen LogP contribution is 2.45. The van der Waals surface area contributed by atoms with Gasteiger partial charge in [-0.3, -0.25) is 14.5 Å². The molecule has 1 amide bonds. The smallest absolute Gasteiger partial charge is 0.247 e. The first-order chi connectivity index (χ1) is 12.5. The molecule has 2 aliphatic heterocycles. The second-order valence-corrected chi connectivity index (χ2v) is 7.65. The number of carbonyl (C=O) groups is 1. The summed E-state index contributed by atoms with van der Waals surface area (Å²) in [5.74, 6) is 1.13. The van der Waals surface area contributed by atoms with Crippen LogP contribution in [0.1, 0.15) is 29.7 Å². The lowest BCUT2D eigenvalue weighted by Crippen LogP contribution is -2.34. The van der Waals surface area contributed by atoms with E-state index in [1.54, 1.807) is 19.2 Å². The third kappa shape index (κ3) is 3.07. The van der Waals surface area contributed by atoms with Crippen LogP contribution in [-0.2, 0) is 11.3 Å². The highest BCUT2D eigenvalue weighted by Gasteiger charge is 2.48. The molecule has 5 heteroatoms. The molecule has 0 unspecified atom stereocenters. The highest BCUT2D eigenvalue weighted by atomic mass is 16.2. The van der Waals surface area contributed by atoms with Crippen molar-refractivity contribution in [3.05, 3.63) is 69.6 Å². The van der Waals surface area contributed by atoms with Crippen molar-refractivity contribution in [1.29, 1.82) is 0 Å². The Bertz CT molecular complexity index is 855. The quantitative estimate of drug-likeness (QED) is 0.923. The number of pyridine rings is 1. The number of nitrogens with one attached hydrogen (secondary N) is 1. The second-order valence-electron chi connectivity index (χ2n) is 7.65. The Hall–Kier alpha value is -2.40. The van der Waals surface area contributed by atoms with Crippen molar-refractivity contribution < 1.29 is 4.79 Å². The van der Waals surface area contributed by atoms with Gasteiger partial charge in [-0.2, -0.15) is 0 Å². The van der Waals surface area contributed by atoms with Gasteiger partial charge in [-0.1, -0.05) is 30.3 Å². The van der Waals surface area contributed by atoms with Crippen molar-refractivity contribution in [3.8, 4) is 0 Å². The van der Waals surface area contributed by atoms with Crippen LogP contribution in [-0.4, -0.2) is 40.3 Å². The summed E-state index contributed by atoms with van der Waals surface area (Å²) in [4.78, 5) is 30.8. The molecule has 2 aromatic rings. The first-order valence-electron chi connectivity index (χ1n) is 9.25. The fourth-order valence-corrected chi connectivity index (χ4v) is 4.71. The van der Waals surface area contributed by atoms with Gasteiger partial charge in [0.05, 0.1) is 6.04 Å². The zero-order valence-electron chi connectivity index (χ0n) is 15.3. The molecule has 0 bridgehead atoms. The van der Waals surface area contributed by atoms with E-state index in [0.717, 1.165) is 31.7 Å². The predicted molar refractivity (Wildman–Crippen MR) is 101 cm³/mol. The Morgan fingerprint density at radius 2 is 1.96 bits per heavy atom. The van der Waals surface area contributed by atoms with Gasteiger partial charge in [0, 0.05) is 51.3 Å². The molecule has 1 aromatic heterocycles. The van der Waals surface area contributed by atoms with Gasteiger partial charge < -0.3 is 9.88 Å². The molecule has 2 fully saturated rings. The van der Waals surface area contributed by atoms with E-state index < -0.39 is 0 Å². The molecule has 0 saturated carbocycles. The summed E-state index contributed by atoms with van der Waals surface area (Å²) in [7, 11) is 0. The molecular weight excluding hydrogens is 326 g/mol. The van der Waals surface area contributed by atoms with E-state index >= 15 is 0 Å². The molecule has 5 nitrogen and oxygen atoms in total. The number of H-pyrrole nitrogens is 1. The molecule has 1 N–H and O–H groups in total. The monoisotopic (exact) mass is 351 g/mol. The maximum atomic E-state index is 12.3. The van der Waals surface area contributed by atoms with Crippen LogP contribution in [0.5, 0.6) is 0 Å². The van der Waals surface area contributed by atoms with Crippen molar-refractivity contribution in [2.24, 2.45) is 11.8 Å². The van der Waals surface area contributed by atoms with E-state index in [9.17, 15) is 9.59 Å². The van der Waals surface area contributed by atoms with Gasteiger partial charge >= 0.3 is 0 Å². The van der Waals surface area contributed by atoms with E-state index in [-0.39, 0.29) is 17.5 Å².